The van der Waals surface area contributed by atoms with E-state index in [1.165, 1.54) is 54.7 Å². The fourth-order valence-electron chi connectivity index (χ4n) is 9.42. The number of fused-ring (bicyclic) bond motifs is 6. The molecule has 0 saturated heterocycles. The molecule has 0 radical (unpaired) electrons. The summed E-state index contributed by atoms with van der Waals surface area (Å²) in [6.45, 7) is 13.8. The van der Waals surface area contributed by atoms with Crippen LogP contribution in [0.5, 0.6) is 0 Å². The van der Waals surface area contributed by atoms with Gasteiger partial charge in [-0.1, -0.05) is 163 Å². The maximum Gasteiger partial charge on any atom is 0.160 e. The molecule has 0 aliphatic heterocycles. The Kier molecular flexibility index (Phi) is 9.25. The lowest BCUT2D eigenvalue weighted by molar-refractivity contribution is 0.590. The summed E-state index contributed by atoms with van der Waals surface area (Å²) >= 11 is 0. The Morgan fingerprint density at radius 3 is 1.36 bits per heavy atom. The zero-order valence-corrected chi connectivity index (χ0v) is 37.3. The molecule has 3 heterocycles. The molecule has 0 atom stereocenters. The van der Waals surface area contributed by atoms with Crippen LogP contribution in [0.25, 0.3) is 100 Å². The molecule has 0 N–H and O–H groups in total. The predicted molar refractivity (Wildman–Crippen MR) is 270 cm³/mol. The van der Waals surface area contributed by atoms with E-state index < -0.39 is 0 Å². The largest absolute Gasteiger partial charge is 0.309 e. The monoisotopic (exact) mass is 826 g/mol. The van der Waals surface area contributed by atoms with Gasteiger partial charge in [0.05, 0.1) is 39.1 Å². The zero-order chi connectivity index (χ0) is 43.7. The van der Waals surface area contributed by atoms with E-state index in [2.05, 4.69) is 233 Å². The summed E-state index contributed by atoms with van der Waals surface area (Å²) in [5.41, 5.74) is 16.6. The average molecular weight is 827 g/mol. The highest BCUT2D eigenvalue weighted by Gasteiger charge is 2.23. The van der Waals surface area contributed by atoms with Gasteiger partial charge in [-0.15, -0.1) is 0 Å². The molecule has 0 spiro atoms. The highest BCUT2D eigenvalue weighted by Crippen LogP contribution is 2.42. The van der Waals surface area contributed by atoms with Crippen LogP contribution < -0.4 is 0 Å². The molecule has 0 saturated carbocycles. The third-order valence-corrected chi connectivity index (χ3v) is 12.9. The molecule has 11 aromatic rings. The van der Waals surface area contributed by atoms with Gasteiger partial charge in [0.1, 0.15) is 0 Å². The van der Waals surface area contributed by atoms with Gasteiger partial charge in [0.15, 0.2) is 5.82 Å². The van der Waals surface area contributed by atoms with Crippen molar-refractivity contribution in [3.05, 3.63) is 205 Å². The molecule has 310 valence electrons. The number of para-hydroxylation sites is 2. The van der Waals surface area contributed by atoms with E-state index in [0.29, 0.717) is 5.82 Å². The number of rotatable bonds is 6. The van der Waals surface area contributed by atoms with Crippen LogP contribution in [0.4, 0.5) is 0 Å². The summed E-state index contributed by atoms with van der Waals surface area (Å²) in [4.78, 5) is 10.6. The molecule has 0 bridgehead atoms. The molecule has 64 heavy (non-hydrogen) atoms. The van der Waals surface area contributed by atoms with Crippen molar-refractivity contribution in [2.75, 3.05) is 0 Å². The SMILES string of the molecule is CC(C)(C)c1ccc2c(c1)c1cc(C(C)(C)C)ccc1n2-c1ccc(-c2nc(-c3ccccc3)cc(-c3ccccc3)n2)cc1-c1cccc(-n2c3ccccc3c3ccccc32)c1. The first-order valence-corrected chi connectivity index (χ1v) is 22.3. The summed E-state index contributed by atoms with van der Waals surface area (Å²) < 4.78 is 4.88. The number of aromatic nitrogens is 4. The Hall–Kier alpha value is -7.56. The van der Waals surface area contributed by atoms with Crippen molar-refractivity contribution in [3.8, 4) is 56.4 Å². The van der Waals surface area contributed by atoms with Crippen molar-refractivity contribution >= 4 is 43.6 Å². The first-order chi connectivity index (χ1) is 31.0. The Bertz CT molecular complexity index is 3380. The van der Waals surface area contributed by atoms with E-state index in [9.17, 15) is 0 Å². The molecule has 3 aromatic heterocycles. The van der Waals surface area contributed by atoms with Crippen molar-refractivity contribution < 1.29 is 0 Å². The van der Waals surface area contributed by atoms with Gasteiger partial charge in [0, 0.05) is 49.5 Å². The number of hydrogen-bond donors (Lipinski definition) is 0. The maximum atomic E-state index is 5.30. The van der Waals surface area contributed by atoms with Gasteiger partial charge in [-0.25, -0.2) is 9.97 Å². The number of hydrogen-bond acceptors (Lipinski definition) is 2. The maximum absolute atomic E-state index is 5.30. The van der Waals surface area contributed by atoms with Crippen LogP contribution >= 0.6 is 0 Å². The van der Waals surface area contributed by atoms with Gasteiger partial charge in [0.25, 0.3) is 0 Å². The van der Waals surface area contributed by atoms with Crippen LogP contribution in [-0.2, 0) is 10.8 Å². The molecule has 0 amide bonds. The van der Waals surface area contributed by atoms with E-state index in [1.807, 2.05) is 12.1 Å². The van der Waals surface area contributed by atoms with E-state index in [-0.39, 0.29) is 10.8 Å². The summed E-state index contributed by atoms with van der Waals surface area (Å²) in [5, 5.41) is 5.00. The Labute approximate surface area is 375 Å². The first kappa shape index (κ1) is 39.3. The lowest BCUT2D eigenvalue weighted by Crippen LogP contribution is -2.10. The van der Waals surface area contributed by atoms with Crippen LogP contribution in [0.1, 0.15) is 52.7 Å². The fraction of sp³-hybridized carbons (Fsp3) is 0.133. The zero-order valence-electron chi connectivity index (χ0n) is 37.3. The van der Waals surface area contributed by atoms with Gasteiger partial charge in [-0.05, 0) is 100 Å². The van der Waals surface area contributed by atoms with Crippen molar-refractivity contribution in [1.29, 1.82) is 0 Å². The summed E-state index contributed by atoms with van der Waals surface area (Å²) in [6, 6.07) is 70.3. The number of nitrogens with zero attached hydrogens (tertiary/aromatic N) is 4. The van der Waals surface area contributed by atoms with Crippen LogP contribution in [0, 0.1) is 0 Å². The standard InChI is InChI=1S/C60H50N4/c1-59(2,3)43-29-32-56-49(36-43)50-37-44(60(4,5)6)30-33-57(50)64(56)55-31-28-42(58-61-51(39-18-9-7-10-19-39)38-52(62-58)40-20-11-8-12-21-40)35-48(55)41-22-17-23-45(34-41)63-53-26-15-13-24-46(53)47-25-14-16-27-54(47)63/h7-38H,1-6H3. The summed E-state index contributed by atoms with van der Waals surface area (Å²) in [5.74, 6) is 0.679. The highest BCUT2D eigenvalue weighted by molar-refractivity contribution is 6.11. The molecule has 0 aliphatic carbocycles. The van der Waals surface area contributed by atoms with Crippen LogP contribution in [0.2, 0.25) is 0 Å². The van der Waals surface area contributed by atoms with Crippen molar-refractivity contribution in [2.45, 2.75) is 52.4 Å². The van der Waals surface area contributed by atoms with Gasteiger partial charge in [0.2, 0.25) is 0 Å². The Balaban J connectivity index is 1.20. The quantitative estimate of drug-likeness (QED) is 0.167. The van der Waals surface area contributed by atoms with Crippen molar-refractivity contribution in [2.24, 2.45) is 0 Å². The second-order valence-electron chi connectivity index (χ2n) is 19.1. The van der Waals surface area contributed by atoms with E-state index in [0.717, 1.165) is 50.6 Å². The minimum atomic E-state index is -0.00278. The molecular weight excluding hydrogens is 777 g/mol. The molecule has 0 unspecified atom stereocenters. The molecule has 4 nitrogen and oxygen atoms in total. The predicted octanol–water partition coefficient (Wildman–Crippen LogP) is 15.9. The number of benzene rings is 8. The molecule has 8 aromatic carbocycles. The van der Waals surface area contributed by atoms with Gasteiger partial charge in [-0.3, -0.25) is 0 Å². The second kappa shape index (κ2) is 15.1. The third kappa shape index (κ3) is 6.78. The minimum Gasteiger partial charge on any atom is -0.309 e. The van der Waals surface area contributed by atoms with Crippen LogP contribution in [-0.4, -0.2) is 19.1 Å². The smallest absolute Gasteiger partial charge is 0.160 e. The minimum absolute atomic E-state index is 0.00278. The molecule has 11 rings (SSSR count). The van der Waals surface area contributed by atoms with Gasteiger partial charge in [-0.2, -0.15) is 0 Å². The van der Waals surface area contributed by atoms with E-state index >= 15 is 0 Å². The highest BCUT2D eigenvalue weighted by atomic mass is 15.0. The fourth-order valence-corrected chi connectivity index (χ4v) is 9.42. The van der Waals surface area contributed by atoms with Gasteiger partial charge >= 0.3 is 0 Å². The normalized spacial score (nSPS) is 12.2. The average Bonchev–Trinajstić information content (AvgIpc) is 3.83. The topological polar surface area (TPSA) is 35.6 Å². The van der Waals surface area contributed by atoms with E-state index in [4.69, 9.17) is 9.97 Å². The summed E-state index contributed by atoms with van der Waals surface area (Å²) in [7, 11) is 0. The van der Waals surface area contributed by atoms with Crippen LogP contribution in [0.15, 0.2) is 194 Å². The third-order valence-electron chi connectivity index (χ3n) is 12.9. The molecule has 0 aliphatic rings. The van der Waals surface area contributed by atoms with E-state index in [1.54, 1.807) is 0 Å². The molecule has 4 heteroatoms. The molecular formula is C60H50N4. The van der Waals surface area contributed by atoms with Gasteiger partial charge < -0.3 is 9.13 Å². The lowest BCUT2D eigenvalue weighted by atomic mass is 9.85. The second-order valence-corrected chi connectivity index (χ2v) is 19.1. The lowest BCUT2D eigenvalue weighted by Gasteiger charge is -2.20. The first-order valence-electron chi connectivity index (χ1n) is 22.3. The molecule has 0 fully saturated rings. The van der Waals surface area contributed by atoms with Crippen molar-refractivity contribution in [1.82, 2.24) is 19.1 Å². The van der Waals surface area contributed by atoms with Crippen molar-refractivity contribution in [3.63, 3.8) is 0 Å². The van der Waals surface area contributed by atoms with Crippen LogP contribution in [0.3, 0.4) is 0 Å². The Morgan fingerprint density at radius 2 is 0.828 bits per heavy atom. The Morgan fingerprint density at radius 1 is 0.344 bits per heavy atom. The summed E-state index contributed by atoms with van der Waals surface area (Å²) in [6.07, 6.45) is 0.